The van der Waals surface area contributed by atoms with Crippen LogP contribution in [0.15, 0.2) is 42.6 Å². The number of amides is 2. The molecule has 0 spiro atoms. The Bertz CT molecular complexity index is 1280. The van der Waals surface area contributed by atoms with E-state index < -0.39 is 12.2 Å². The maximum atomic E-state index is 13.0. The van der Waals surface area contributed by atoms with E-state index >= 15 is 0 Å². The van der Waals surface area contributed by atoms with Crippen molar-refractivity contribution in [3.05, 3.63) is 59.5 Å². The lowest BCUT2D eigenvalue weighted by Crippen LogP contribution is -2.39. The number of nitrogens with two attached hydrogens (primary N) is 1. The van der Waals surface area contributed by atoms with Gasteiger partial charge in [0.05, 0.1) is 18.3 Å². The summed E-state index contributed by atoms with van der Waals surface area (Å²) in [5.74, 6) is -0.999. The second kappa shape index (κ2) is 10.1. The van der Waals surface area contributed by atoms with E-state index in [0.29, 0.717) is 36.9 Å². The van der Waals surface area contributed by atoms with E-state index in [9.17, 15) is 19.8 Å². The Hall–Kier alpha value is -3.50. The fraction of sp³-hybridized carbons (Fsp3) is 0.481. The Kier molecular flexibility index (Phi) is 6.87. The maximum Gasteiger partial charge on any atom is 0.291 e. The zero-order chi connectivity index (χ0) is 26.2. The molecular formula is C27H34N6O4. The van der Waals surface area contributed by atoms with Gasteiger partial charge in [-0.1, -0.05) is 37.3 Å². The minimum absolute atomic E-state index is 0.00143. The molecule has 2 aliphatic rings. The van der Waals surface area contributed by atoms with Crippen LogP contribution in [0, 0.1) is 5.92 Å². The van der Waals surface area contributed by atoms with Gasteiger partial charge < -0.3 is 26.2 Å². The fourth-order valence-corrected chi connectivity index (χ4v) is 5.69. The number of anilines is 1. The summed E-state index contributed by atoms with van der Waals surface area (Å²) < 4.78 is 1.57. The van der Waals surface area contributed by atoms with Gasteiger partial charge in [-0.2, -0.15) is 0 Å². The molecule has 1 saturated heterocycles. The van der Waals surface area contributed by atoms with Crippen LogP contribution in [-0.4, -0.2) is 62.0 Å². The molecule has 5 rings (SSSR count). The number of rotatable bonds is 7. The molecule has 2 aromatic heterocycles. The second-order valence-electron chi connectivity index (χ2n) is 10.7. The first-order valence-corrected chi connectivity index (χ1v) is 12.9. The number of aliphatic hydroxyl groups is 2. The molecule has 0 bridgehead atoms. The molecule has 1 atom stereocenters. The molecule has 10 heteroatoms. The van der Waals surface area contributed by atoms with Crippen LogP contribution in [0.3, 0.4) is 0 Å². The van der Waals surface area contributed by atoms with Crippen LogP contribution < -0.4 is 16.0 Å². The van der Waals surface area contributed by atoms with Gasteiger partial charge in [0.15, 0.2) is 11.9 Å². The van der Waals surface area contributed by atoms with Gasteiger partial charge in [0, 0.05) is 36.0 Å². The molecule has 196 valence electrons. The largest absolute Gasteiger partial charge is 0.369 e. The molecule has 2 amide bonds. The number of fused-ring (bicyclic) bond motifs is 1. The smallest absolute Gasteiger partial charge is 0.291 e. The molecule has 0 unspecified atom stereocenters. The molecular weight excluding hydrogens is 472 g/mol. The Morgan fingerprint density at radius 1 is 1.19 bits per heavy atom. The second-order valence-corrected chi connectivity index (χ2v) is 10.7. The van der Waals surface area contributed by atoms with Gasteiger partial charge in [-0.3, -0.25) is 9.59 Å². The topological polar surface area (TPSA) is 146 Å². The number of carbonyl (C=O) groups excluding carboxylic acids is 2. The van der Waals surface area contributed by atoms with Crippen LogP contribution in [-0.2, 0) is 16.6 Å². The molecule has 5 N–H and O–H groups in total. The van der Waals surface area contributed by atoms with Crippen LogP contribution >= 0.6 is 0 Å². The highest BCUT2D eigenvalue weighted by molar-refractivity contribution is 5.91. The van der Waals surface area contributed by atoms with Crippen molar-refractivity contribution in [2.24, 2.45) is 11.7 Å². The first-order chi connectivity index (χ1) is 17.7. The Morgan fingerprint density at radius 2 is 1.92 bits per heavy atom. The summed E-state index contributed by atoms with van der Waals surface area (Å²) in [6, 6.07) is 12.3. The minimum atomic E-state index is -1.32. The monoisotopic (exact) mass is 506 g/mol. The van der Waals surface area contributed by atoms with Gasteiger partial charge in [-0.05, 0) is 43.7 Å². The van der Waals surface area contributed by atoms with E-state index in [1.807, 2.05) is 18.3 Å². The number of primary amides is 1. The lowest BCUT2D eigenvalue weighted by molar-refractivity contribution is -0.117. The summed E-state index contributed by atoms with van der Waals surface area (Å²) >= 11 is 0. The molecule has 1 aromatic carbocycles. The Morgan fingerprint density at radius 3 is 2.59 bits per heavy atom. The zero-order valence-corrected chi connectivity index (χ0v) is 21.0. The van der Waals surface area contributed by atoms with Crippen LogP contribution in [0.4, 0.5) is 5.69 Å². The molecule has 1 saturated carbocycles. The number of nitrogens with zero attached hydrogens (tertiary/aromatic N) is 4. The summed E-state index contributed by atoms with van der Waals surface area (Å²) in [5.41, 5.74) is 8.79. The number of aliphatic hydroxyl groups excluding tert-OH is 1. The number of aromatic nitrogens is 3. The van der Waals surface area contributed by atoms with Crippen molar-refractivity contribution >= 4 is 23.1 Å². The predicted molar refractivity (Wildman–Crippen MR) is 138 cm³/mol. The standard InChI is InChI=1S/C27H34N6O4/c1-27(19-5-3-2-4-6-19)11-12-32(16-27)21-13-18(14-22(28)34)24-30-23(31-33(24)15-21)25(35)29-20-9-7-17(8-10-20)26(36)37/h2-6,13,15,17,20,26,36-37H,7-12,14,16H2,1H3,(H2,28,34)(H,29,35)/t17?,20?,27-/m0/s1. The van der Waals surface area contributed by atoms with Gasteiger partial charge in [0.25, 0.3) is 5.91 Å². The third-order valence-corrected chi connectivity index (χ3v) is 7.90. The van der Waals surface area contributed by atoms with Gasteiger partial charge in [-0.15, -0.1) is 5.10 Å². The fourth-order valence-electron chi connectivity index (χ4n) is 5.69. The number of benzene rings is 1. The summed E-state index contributed by atoms with van der Waals surface area (Å²) in [7, 11) is 0. The van der Waals surface area contributed by atoms with E-state index in [-0.39, 0.29) is 35.5 Å². The van der Waals surface area contributed by atoms with Crippen molar-refractivity contribution in [2.75, 3.05) is 18.0 Å². The van der Waals surface area contributed by atoms with E-state index in [1.165, 1.54) is 5.56 Å². The van der Waals surface area contributed by atoms with Gasteiger partial charge >= 0.3 is 0 Å². The normalized spacial score (nSPS) is 24.1. The van der Waals surface area contributed by atoms with Crippen LogP contribution in [0.5, 0.6) is 0 Å². The summed E-state index contributed by atoms with van der Waals surface area (Å²) in [6.45, 7) is 3.92. The minimum Gasteiger partial charge on any atom is -0.369 e. The number of pyridine rings is 1. The molecule has 2 fully saturated rings. The third-order valence-electron chi connectivity index (χ3n) is 7.90. The van der Waals surface area contributed by atoms with E-state index in [4.69, 9.17) is 5.73 Å². The van der Waals surface area contributed by atoms with Crippen molar-refractivity contribution in [2.45, 2.75) is 63.2 Å². The van der Waals surface area contributed by atoms with Crippen LogP contribution in [0.1, 0.15) is 60.8 Å². The molecule has 37 heavy (non-hydrogen) atoms. The average molecular weight is 507 g/mol. The van der Waals surface area contributed by atoms with Crippen molar-refractivity contribution in [3.63, 3.8) is 0 Å². The van der Waals surface area contributed by atoms with Gasteiger partial charge in [-0.25, -0.2) is 9.50 Å². The van der Waals surface area contributed by atoms with Crippen LogP contribution in [0.25, 0.3) is 5.65 Å². The number of hydrogen-bond donors (Lipinski definition) is 4. The van der Waals surface area contributed by atoms with Gasteiger partial charge in [0.2, 0.25) is 11.7 Å². The van der Waals surface area contributed by atoms with Crippen molar-refractivity contribution in [1.29, 1.82) is 0 Å². The number of carbonyl (C=O) groups is 2. The van der Waals surface area contributed by atoms with Crippen molar-refractivity contribution in [3.8, 4) is 0 Å². The molecule has 1 aliphatic heterocycles. The molecule has 10 nitrogen and oxygen atoms in total. The SMILES string of the molecule is C[C@]1(c2ccccc2)CCN(c2cc(CC(N)=O)c3nc(C(=O)NC4CCC(C(O)O)CC4)nn3c2)C1. The highest BCUT2D eigenvalue weighted by atomic mass is 16.5. The first-order valence-electron chi connectivity index (χ1n) is 12.9. The summed E-state index contributed by atoms with van der Waals surface area (Å²) in [4.78, 5) is 31.5. The lowest BCUT2D eigenvalue weighted by Gasteiger charge is -2.29. The molecule has 1 aliphatic carbocycles. The Labute approximate surface area is 215 Å². The summed E-state index contributed by atoms with van der Waals surface area (Å²) in [6.07, 6.45) is 4.09. The molecule has 3 aromatic rings. The zero-order valence-electron chi connectivity index (χ0n) is 21.0. The Balaban J connectivity index is 1.37. The van der Waals surface area contributed by atoms with Crippen molar-refractivity contribution < 1.29 is 19.8 Å². The molecule has 3 heterocycles. The number of nitrogens with one attached hydrogen (secondary N) is 1. The van der Waals surface area contributed by atoms with E-state index in [2.05, 4.69) is 51.5 Å². The highest BCUT2D eigenvalue weighted by Crippen LogP contribution is 2.37. The number of hydrogen-bond acceptors (Lipinski definition) is 7. The van der Waals surface area contributed by atoms with Crippen LogP contribution in [0.2, 0.25) is 0 Å². The van der Waals surface area contributed by atoms with E-state index in [0.717, 1.165) is 25.2 Å². The van der Waals surface area contributed by atoms with Crippen molar-refractivity contribution in [1.82, 2.24) is 19.9 Å². The first kappa shape index (κ1) is 25.2. The highest BCUT2D eigenvalue weighted by Gasteiger charge is 2.36. The predicted octanol–water partition coefficient (Wildman–Crippen LogP) is 1.52. The summed E-state index contributed by atoms with van der Waals surface area (Å²) in [5, 5.41) is 26.2. The third kappa shape index (κ3) is 5.30. The maximum absolute atomic E-state index is 13.0. The lowest BCUT2D eigenvalue weighted by atomic mass is 9.82. The molecule has 0 radical (unpaired) electrons. The quantitative estimate of drug-likeness (QED) is 0.355. The average Bonchev–Trinajstić information content (AvgIpc) is 3.50. The van der Waals surface area contributed by atoms with Gasteiger partial charge in [0.1, 0.15) is 0 Å². The van der Waals surface area contributed by atoms with E-state index in [1.54, 1.807) is 4.52 Å².